The van der Waals surface area contributed by atoms with Gasteiger partial charge >= 0.3 is 0 Å². The molecule has 0 saturated carbocycles. The molecule has 0 aliphatic carbocycles. The fourth-order valence-corrected chi connectivity index (χ4v) is 5.00. The van der Waals surface area contributed by atoms with Crippen LogP contribution < -0.4 is 4.74 Å². The molecule has 0 saturated heterocycles. The Balaban J connectivity index is 1.67. The molecule has 0 bridgehead atoms. The van der Waals surface area contributed by atoms with E-state index in [1.165, 1.54) is 17.0 Å². The van der Waals surface area contributed by atoms with Crippen LogP contribution >= 0.6 is 11.3 Å². The molecule has 0 fully saturated rings. The third kappa shape index (κ3) is 7.50. The Hall–Kier alpha value is -2.00. The first kappa shape index (κ1) is 25.6. The van der Waals surface area contributed by atoms with Crippen molar-refractivity contribution >= 4 is 17.2 Å². The molecule has 1 aliphatic heterocycles. The van der Waals surface area contributed by atoms with E-state index in [4.69, 9.17) is 9.47 Å². The highest BCUT2D eigenvalue weighted by Crippen LogP contribution is 2.34. The van der Waals surface area contributed by atoms with Crippen molar-refractivity contribution in [3.05, 3.63) is 52.0 Å². The number of halogens is 1. The lowest BCUT2D eigenvalue weighted by Crippen LogP contribution is -2.48. The second-order valence-corrected chi connectivity index (χ2v) is 9.69. The first-order valence-electron chi connectivity index (χ1n) is 11.6. The van der Waals surface area contributed by atoms with Gasteiger partial charge in [0.15, 0.2) is 0 Å². The van der Waals surface area contributed by atoms with Crippen LogP contribution in [0.4, 0.5) is 4.39 Å². The van der Waals surface area contributed by atoms with E-state index >= 15 is 0 Å². The summed E-state index contributed by atoms with van der Waals surface area (Å²) in [7, 11) is 0. The fourth-order valence-electron chi connectivity index (χ4n) is 4.07. The molecule has 1 aromatic carbocycles. The smallest absolute Gasteiger partial charge is 0.237 e. The maximum Gasteiger partial charge on any atom is 0.237 e. The summed E-state index contributed by atoms with van der Waals surface area (Å²) in [6, 6.07) is 7.80. The number of amides is 1. The average molecular weight is 479 g/mol. The summed E-state index contributed by atoms with van der Waals surface area (Å²) in [5, 5.41) is 12.4. The summed E-state index contributed by atoms with van der Waals surface area (Å²) in [5.74, 6) is 0.283. The molecule has 8 heteroatoms. The van der Waals surface area contributed by atoms with Crippen molar-refractivity contribution in [2.75, 3.05) is 39.4 Å². The van der Waals surface area contributed by atoms with Crippen LogP contribution in [0.3, 0.4) is 0 Å². The van der Waals surface area contributed by atoms with Gasteiger partial charge in [-0.2, -0.15) is 0 Å². The lowest BCUT2D eigenvalue weighted by Gasteiger charge is -2.37. The van der Waals surface area contributed by atoms with Crippen LogP contribution in [0.1, 0.15) is 43.7 Å². The van der Waals surface area contributed by atoms with Crippen LogP contribution in [0, 0.1) is 5.82 Å². The molecular formula is C25H35FN2O4S. The Bertz CT molecular complexity index is 874. The Labute approximate surface area is 199 Å². The topological polar surface area (TPSA) is 62.2 Å². The maximum atomic E-state index is 13.4. The first-order chi connectivity index (χ1) is 15.9. The lowest BCUT2D eigenvalue weighted by molar-refractivity contribution is -0.136. The molecule has 1 aromatic heterocycles. The summed E-state index contributed by atoms with van der Waals surface area (Å²) >= 11 is 1.70. The molecule has 182 valence electrons. The first-order valence-corrected chi connectivity index (χ1v) is 12.5. The van der Waals surface area contributed by atoms with E-state index in [0.717, 1.165) is 24.9 Å². The molecular weight excluding hydrogens is 443 g/mol. The third-order valence-corrected chi connectivity index (χ3v) is 6.62. The number of carbonyl (C=O) groups excluding carboxylic acids is 1. The van der Waals surface area contributed by atoms with Crippen LogP contribution in [0.2, 0.25) is 0 Å². The van der Waals surface area contributed by atoms with E-state index in [1.807, 2.05) is 23.6 Å². The van der Waals surface area contributed by atoms with E-state index < -0.39 is 6.10 Å². The predicted molar refractivity (Wildman–Crippen MR) is 128 cm³/mol. The molecule has 1 aliphatic rings. The van der Waals surface area contributed by atoms with Gasteiger partial charge in [-0.25, -0.2) is 4.39 Å². The molecule has 2 aromatic rings. The SMILES string of the molecule is CCCN(CC(=O)N1CCc2sccc2[C@@H]1COc1ccc(F)cc1)C[C@H](O)COC(C)C. The van der Waals surface area contributed by atoms with Gasteiger partial charge in [-0.15, -0.1) is 11.3 Å². The summed E-state index contributed by atoms with van der Waals surface area (Å²) in [6.45, 7) is 8.46. The van der Waals surface area contributed by atoms with Crippen molar-refractivity contribution in [3.63, 3.8) is 0 Å². The van der Waals surface area contributed by atoms with Crippen molar-refractivity contribution in [2.45, 2.75) is 51.9 Å². The van der Waals surface area contributed by atoms with Crippen LogP contribution in [0.5, 0.6) is 5.75 Å². The van der Waals surface area contributed by atoms with Crippen LogP contribution in [-0.4, -0.2) is 72.4 Å². The zero-order valence-electron chi connectivity index (χ0n) is 19.7. The number of ether oxygens (including phenoxy) is 2. The second kappa shape index (κ2) is 12.5. The van der Waals surface area contributed by atoms with Crippen molar-refractivity contribution in [2.24, 2.45) is 0 Å². The molecule has 2 atom stereocenters. The van der Waals surface area contributed by atoms with E-state index in [0.29, 0.717) is 25.4 Å². The third-order valence-electron chi connectivity index (χ3n) is 5.63. The zero-order chi connectivity index (χ0) is 23.8. The highest BCUT2D eigenvalue weighted by atomic mass is 32.1. The molecule has 0 spiro atoms. The van der Waals surface area contributed by atoms with Gasteiger partial charge in [-0.1, -0.05) is 6.92 Å². The van der Waals surface area contributed by atoms with E-state index in [1.54, 1.807) is 23.5 Å². The molecule has 6 nitrogen and oxygen atoms in total. The van der Waals surface area contributed by atoms with Gasteiger partial charge in [-0.3, -0.25) is 9.69 Å². The summed E-state index contributed by atoms with van der Waals surface area (Å²) in [4.78, 5) is 18.6. The molecule has 0 radical (unpaired) electrons. The number of hydrogen-bond acceptors (Lipinski definition) is 6. The summed E-state index contributed by atoms with van der Waals surface area (Å²) in [6.07, 6.45) is 1.12. The summed E-state index contributed by atoms with van der Waals surface area (Å²) in [5.41, 5.74) is 1.12. The minimum absolute atomic E-state index is 0.0185. The van der Waals surface area contributed by atoms with E-state index in [-0.39, 0.29) is 37.0 Å². The van der Waals surface area contributed by atoms with Crippen LogP contribution in [0.15, 0.2) is 35.7 Å². The van der Waals surface area contributed by atoms with Crippen molar-refractivity contribution in [1.29, 1.82) is 0 Å². The predicted octanol–water partition coefficient (Wildman–Crippen LogP) is 3.89. The number of aliphatic hydroxyl groups is 1. The average Bonchev–Trinajstić information content (AvgIpc) is 3.26. The quantitative estimate of drug-likeness (QED) is 0.502. The molecule has 33 heavy (non-hydrogen) atoms. The van der Waals surface area contributed by atoms with Gasteiger partial charge in [0.05, 0.1) is 31.4 Å². The standard InChI is InChI=1S/C25H35FN2O4S/c1-4-11-27(14-20(29)16-31-18(2)3)15-25(30)28-12-9-24-22(10-13-33-24)23(28)17-32-21-7-5-19(26)6-8-21/h5-8,10,13,18,20,23,29H,4,9,11-12,14-17H2,1-3H3/t20-,23-/m0/s1. The van der Waals surface area contributed by atoms with E-state index in [9.17, 15) is 14.3 Å². The van der Waals surface area contributed by atoms with Gasteiger partial charge in [0.25, 0.3) is 0 Å². The number of thiophene rings is 1. The maximum absolute atomic E-state index is 13.4. The van der Waals surface area contributed by atoms with Gasteiger partial charge in [0, 0.05) is 18.0 Å². The van der Waals surface area contributed by atoms with Crippen molar-refractivity contribution in [3.8, 4) is 5.75 Å². The van der Waals surface area contributed by atoms with Gasteiger partial charge < -0.3 is 19.5 Å². The highest BCUT2D eigenvalue weighted by Gasteiger charge is 2.33. The number of rotatable bonds is 12. The van der Waals surface area contributed by atoms with E-state index in [2.05, 4.69) is 18.4 Å². The number of nitrogens with zero attached hydrogens (tertiary/aromatic N) is 2. The second-order valence-electron chi connectivity index (χ2n) is 8.69. The molecule has 3 rings (SSSR count). The van der Waals surface area contributed by atoms with Crippen LogP contribution in [0.25, 0.3) is 0 Å². The molecule has 1 amide bonds. The highest BCUT2D eigenvalue weighted by molar-refractivity contribution is 7.10. The Morgan fingerprint density at radius 3 is 2.76 bits per heavy atom. The molecule has 2 heterocycles. The number of carbonyl (C=O) groups is 1. The minimum Gasteiger partial charge on any atom is -0.491 e. The van der Waals surface area contributed by atoms with Gasteiger partial charge in [0.1, 0.15) is 18.2 Å². The largest absolute Gasteiger partial charge is 0.491 e. The monoisotopic (exact) mass is 478 g/mol. The zero-order valence-corrected chi connectivity index (χ0v) is 20.5. The lowest BCUT2D eigenvalue weighted by atomic mass is 10.0. The van der Waals surface area contributed by atoms with Gasteiger partial charge in [0.2, 0.25) is 5.91 Å². The number of fused-ring (bicyclic) bond motifs is 1. The molecule has 0 unspecified atom stereocenters. The number of hydrogen-bond donors (Lipinski definition) is 1. The van der Waals surface area contributed by atoms with Gasteiger partial charge in [-0.05, 0) is 74.5 Å². The Morgan fingerprint density at radius 1 is 1.30 bits per heavy atom. The number of aliphatic hydroxyl groups excluding tert-OH is 1. The minimum atomic E-state index is -0.644. The van der Waals surface area contributed by atoms with Crippen molar-refractivity contribution < 1.29 is 23.8 Å². The molecule has 1 N–H and O–H groups in total. The number of benzene rings is 1. The summed E-state index contributed by atoms with van der Waals surface area (Å²) < 4.78 is 24.7. The van der Waals surface area contributed by atoms with Crippen molar-refractivity contribution in [1.82, 2.24) is 9.80 Å². The normalized spacial score (nSPS) is 16.8. The Kier molecular flexibility index (Phi) is 9.67. The Morgan fingerprint density at radius 2 is 2.06 bits per heavy atom. The van der Waals surface area contributed by atoms with Crippen LogP contribution in [-0.2, 0) is 16.0 Å². The fraction of sp³-hybridized carbons (Fsp3) is 0.560.